The number of hydrogen-bond donors (Lipinski definition) is 0. The van der Waals surface area contributed by atoms with Gasteiger partial charge in [0.1, 0.15) is 5.75 Å². The van der Waals surface area contributed by atoms with Gasteiger partial charge in [-0.1, -0.05) is 42.7 Å². The van der Waals surface area contributed by atoms with Crippen molar-refractivity contribution in [1.29, 1.82) is 0 Å². The van der Waals surface area contributed by atoms with Crippen LogP contribution in [0.3, 0.4) is 0 Å². The van der Waals surface area contributed by atoms with E-state index in [1.807, 2.05) is 24.3 Å². The van der Waals surface area contributed by atoms with E-state index in [2.05, 4.69) is 16.9 Å². The Hall–Kier alpha value is -1.48. The zero-order chi connectivity index (χ0) is 16.2. The molecule has 0 radical (unpaired) electrons. The van der Waals surface area contributed by atoms with Gasteiger partial charge in [-0.05, 0) is 43.4 Å². The molecule has 1 aromatic rings. The van der Waals surface area contributed by atoms with Crippen LogP contribution in [0.2, 0.25) is 5.02 Å². The molecule has 1 aromatic carbocycles. The number of ether oxygens (including phenoxy) is 2. The van der Waals surface area contributed by atoms with Crippen LogP contribution in [-0.4, -0.2) is 19.7 Å². The third-order valence-electron chi connectivity index (χ3n) is 3.44. The topological polar surface area (TPSA) is 35.5 Å². The molecular formula is C18H25ClO3. The molecule has 0 atom stereocenters. The summed E-state index contributed by atoms with van der Waals surface area (Å²) in [5, 5.41) is 0.726. The van der Waals surface area contributed by atoms with Crippen LogP contribution in [0.4, 0.5) is 0 Å². The van der Waals surface area contributed by atoms with Crippen molar-refractivity contribution in [3.8, 4) is 5.75 Å². The first kappa shape index (κ1) is 18.6. The lowest BCUT2D eigenvalue weighted by atomic mass is 10.1. The molecular weight excluding hydrogens is 300 g/mol. The summed E-state index contributed by atoms with van der Waals surface area (Å²) in [5.74, 6) is 1.43. The number of benzene rings is 1. The molecule has 0 N–H and O–H groups in total. The lowest BCUT2D eigenvalue weighted by Gasteiger charge is -2.05. The summed E-state index contributed by atoms with van der Waals surface area (Å²) in [7, 11) is 1.35. The molecule has 0 heterocycles. The summed E-state index contributed by atoms with van der Waals surface area (Å²) in [4.78, 5) is 9.59. The van der Waals surface area contributed by atoms with E-state index in [1.165, 1.54) is 39.7 Å². The lowest BCUT2D eigenvalue weighted by molar-refractivity contribution is -0.137. The highest BCUT2D eigenvalue weighted by Gasteiger charge is 2.10. The van der Waals surface area contributed by atoms with Crippen molar-refractivity contribution in [2.24, 2.45) is 5.92 Å². The van der Waals surface area contributed by atoms with Gasteiger partial charge in [-0.15, -0.1) is 0 Å². The van der Waals surface area contributed by atoms with Crippen LogP contribution >= 0.6 is 11.6 Å². The van der Waals surface area contributed by atoms with Crippen molar-refractivity contribution < 1.29 is 14.3 Å². The highest BCUT2D eigenvalue weighted by atomic mass is 35.5. The Morgan fingerprint density at radius 1 is 1.36 bits per heavy atom. The van der Waals surface area contributed by atoms with Crippen LogP contribution < -0.4 is 4.74 Å². The smallest absolute Gasteiger partial charge is 0.302 e. The normalized spacial score (nSPS) is 14.5. The number of allylic oxidation sites excluding steroid dienone is 1. The Bertz CT molecular complexity index is 465. The van der Waals surface area contributed by atoms with Crippen molar-refractivity contribution in [1.82, 2.24) is 0 Å². The lowest BCUT2D eigenvalue weighted by Crippen LogP contribution is -1.95. The first-order valence-electron chi connectivity index (χ1n) is 7.71. The van der Waals surface area contributed by atoms with Crippen LogP contribution in [0.5, 0.6) is 5.75 Å². The molecule has 1 fully saturated rings. The maximum absolute atomic E-state index is 9.59. The molecule has 3 nitrogen and oxygen atoms in total. The molecule has 0 saturated heterocycles. The Balaban J connectivity index is 0.000000422. The Labute approximate surface area is 138 Å². The van der Waals surface area contributed by atoms with Crippen LogP contribution in [0, 0.1) is 5.92 Å². The van der Waals surface area contributed by atoms with Gasteiger partial charge in [0.2, 0.25) is 0 Å². The van der Waals surface area contributed by atoms with Crippen molar-refractivity contribution in [2.75, 3.05) is 13.7 Å². The fourth-order valence-corrected chi connectivity index (χ4v) is 2.42. The number of carbonyl (C=O) groups excluding carboxylic acids is 1. The molecule has 0 amide bonds. The van der Waals surface area contributed by atoms with Crippen LogP contribution in [0.15, 0.2) is 36.4 Å². The van der Waals surface area contributed by atoms with Crippen molar-refractivity contribution in [3.05, 3.63) is 41.4 Å². The predicted molar refractivity (Wildman–Crippen MR) is 90.4 cm³/mol. The minimum atomic E-state index is -0.245. The van der Waals surface area contributed by atoms with E-state index in [1.54, 1.807) is 0 Å². The van der Waals surface area contributed by atoms with E-state index in [9.17, 15) is 4.79 Å². The molecule has 0 aromatic heterocycles. The fraction of sp³-hybridized carbons (Fsp3) is 0.500. The highest BCUT2D eigenvalue weighted by molar-refractivity contribution is 6.30. The molecule has 122 valence electrons. The van der Waals surface area contributed by atoms with E-state index in [-0.39, 0.29) is 5.97 Å². The van der Waals surface area contributed by atoms with Gasteiger partial charge in [0.15, 0.2) is 0 Å². The summed E-state index contributed by atoms with van der Waals surface area (Å²) in [6.07, 6.45) is 11.1. The summed E-state index contributed by atoms with van der Waals surface area (Å²) in [6.45, 7) is 2.09. The first-order valence-corrected chi connectivity index (χ1v) is 8.09. The van der Waals surface area contributed by atoms with Gasteiger partial charge < -0.3 is 9.47 Å². The molecule has 1 saturated carbocycles. The fourth-order valence-electron chi connectivity index (χ4n) is 2.24. The monoisotopic (exact) mass is 324 g/mol. The summed E-state index contributed by atoms with van der Waals surface area (Å²) < 4.78 is 9.73. The minimum absolute atomic E-state index is 0.245. The van der Waals surface area contributed by atoms with Gasteiger partial charge >= 0.3 is 5.97 Å². The Kier molecular flexibility index (Phi) is 9.40. The average Bonchev–Trinajstić information content (AvgIpc) is 3.01. The predicted octanol–water partition coefficient (Wildman–Crippen LogP) is 5.03. The van der Waals surface area contributed by atoms with Crippen LogP contribution in [0.25, 0.3) is 0 Å². The Morgan fingerprint density at radius 2 is 2.05 bits per heavy atom. The maximum Gasteiger partial charge on any atom is 0.302 e. The second-order valence-corrected chi connectivity index (χ2v) is 5.70. The number of hydrogen-bond acceptors (Lipinski definition) is 3. The number of rotatable bonds is 5. The van der Waals surface area contributed by atoms with Gasteiger partial charge in [0, 0.05) is 11.9 Å². The second-order valence-electron chi connectivity index (χ2n) is 5.26. The van der Waals surface area contributed by atoms with E-state index in [4.69, 9.17) is 16.3 Å². The van der Waals surface area contributed by atoms with Crippen molar-refractivity contribution in [2.45, 2.75) is 39.0 Å². The van der Waals surface area contributed by atoms with Gasteiger partial charge in [0.05, 0.1) is 13.7 Å². The summed E-state index contributed by atoms with van der Waals surface area (Å²) in [5.41, 5.74) is 0. The number of methoxy groups -OCH3 is 1. The van der Waals surface area contributed by atoms with E-state index in [0.29, 0.717) is 0 Å². The van der Waals surface area contributed by atoms with Gasteiger partial charge in [0.25, 0.3) is 0 Å². The van der Waals surface area contributed by atoms with E-state index < -0.39 is 0 Å². The SMILES string of the molecule is COC(C)=O.Clc1cccc(OCC/C=C/C2CCCC2)c1. The van der Waals surface area contributed by atoms with Crippen molar-refractivity contribution >= 4 is 17.6 Å². The van der Waals surface area contributed by atoms with Gasteiger partial charge in [-0.25, -0.2) is 0 Å². The molecule has 0 unspecified atom stereocenters. The zero-order valence-corrected chi connectivity index (χ0v) is 14.1. The summed E-state index contributed by atoms with van der Waals surface area (Å²) in [6, 6.07) is 7.55. The Morgan fingerprint density at radius 3 is 2.64 bits per heavy atom. The van der Waals surface area contributed by atoms with Crippen LogP contribution in [-0.2, 0) is 9.53 Å². The van der Waals surface area contributed by atoms with Gasteiger partial charge in [-0.2, -0.15) is 0 Å². The number of carbonyl (C=O) groups is 1. The second kappa shape index (κ2) is 11.1. The molecule has 2 rings (SSSR count). The largest absolute Gasteiger partial charge is 0.493 e. The first-order chi connectivity index (χ1) is 10.6. The van der Waals surface area contributed by atoms with Gasteiger partial charge in [-0.3, -0.25) is 4.79 Å². The third kappa shape index (κ3) is 8.73. The molecule has 1 aliphatic carbocycles. The highest BCUT2D eigenvalue weighted by Crippen LogP contribution is 2.25. The molecule has 22 heavy (non-hydrogen) atoms. The van der Waals surface area contributed by atoms with E-state index >= 15 is 0 Å². The summed E-state index contributed by atoms with van der Waals surface area (Å²) >= 11 is 5.88. The molecule has 4 heteroatoms. The molecule has 0 aliphatic heterocycles. The molecule has 1 aliphatic rings. The number of halogens is 1. The standard InChI is InChI=1S/C15H19ClO.C3H6O2/c16-14-9-5-10-15(12-14)17-11-4-3-8-13-6-1-2-7-13;1-3(4)5-2/h3,5,8-10,12-13H,1-2,4,6-7,11H2;1-2H3/b8-3+;. The van der Waals surface area contributed by atoms with Crippen LogP contribution in [0.1, 0.15) is 39.0 Å². The number of esters is 1. The quantitative estimate of drug-likeness (QED) is 0.432. The average molecular weight is 325 g/mol. The van der Waals surface area contributed by atoms with Crippen molar-refractivity contribution in [3.63, 3.8) is 0 Å². The van der Waals surface area contributed by atoms with E-state index in [0.717, 1.165) is 29.7 Å². The maximum atomic E-state index is 9.59. The third-order valence-corrected chi connectivity index (χ3v) is 3.68. The minimum Gasteiger partial charge on any atom is -0.493 e. The molecule has 0 spiro atoms. The zero-order valence-electron chi connectivity index (χ0n) is 13.4. The molecule has 0 bridgehead atoms.